The number of benzene rings is 1. The summed E-state index contributed by atoms with van der Waals surface area (Å²) in [6.07, 6.45) is 1.80. The number of aromatic nitrogens is 5. The topological polar surface area (TPSA) is 175 Å². The van der Waals surface area contributed by atoms with E-state index in [4.69, 9.17) is 19.7 Å². The highest BCUT2D eigenvalue weighted by molar-refractivity contribution is 5.87. The van der Waals surface area contributed by atoms with Crippen molar-refractivity contribution in [3.05, 3.63) is 42.2 Å². The van der Waals surface area contributed by atoms with Crippen LogP contribution < -0.4 is 10.5 Å². The molecule has 1 saturated heterocycles. The summed E-state index contributed by atoms with van der Waals surface area (Å²) in [5.74, 6) is -0.826. The fourth-order valence-electron chi connectivity index (χ4n) is 5.17. The predicted octanol–water partition coefficient (Wildman–Crippen LogP) is 3.33. The number of carboxylic acid groups (broad SMARTS) is 1. The summed E-state index contributed by atoms with van der Waals surface area (Å²) in [5.41, 5.74) is 8.70. The molecule has 4 aromatic rings. The number of hydrogen-bond donors (Lipinski definition) is 3. The molecule has 1 aliphatic rings. The van der Waals surface area contributed by atoms with Gasteiger partial charge in [0, 0.05) is 31.3 Å². The van der Waals surface area contributed by atoms with E-state index in [0.717, 1.165) is 38.0 Å². The van der Waals surface area contributed by atoms with Crippen molar-refractivity contribution in [1.29, 1.82) is 0 Å². The van der Waals surface area contributed by atoms with Crippen LogP contribution >= 0.6 is 0 Å². The number of rotatable bonds is 12. The number of phenolic OH excluding ortho intramolecular Hbond substituents is 1. The van der Waals surface area contributed by atoms with Crippen LogP contribution in [0.1, 0.15) is 44.4 Å². The first-order chi connectivity index (χ1) is 19.8. The summed E-state index contributed by atoms with van der Waals surface area (Å²) in [6.45, 7) is 7.42. The highest BCUT2D eigenvalue weighted by Crippen LogP contribution is 2.32. The molecule has 41 heavy (non-hydrogen) atoms. The number of para-hydroxylation sites is 1. The number of nitrogens with zero attached hydrogens (tertiary/aromatic N) is 6. The molecule has 4 N–H and O–H groups in total. The zero-order valence-electron chi connectivity index (χ0n) is 23.1. The van der Waals surface area contributed by atoms with E-state index in [1.54, 1.807) is 18.2 Å². The van der Waals surface area contributed by atoms with E-state index in [1.165, 1.54) is 6.07 Å². The van der Waals surface area contributed by atoms with Crippen molar-refractivity contribution in [3.8, 4) is 22.9 Å². The molecule has 0 spiro atoms. The summed E-state index contributed by atoms with van der Waals surface area (Å²) in [6, 6.07) is 10.6. The number of anilines is 1. The molecule has 13 nitrogen and oxygen atoms in total. The van der Waals surface area contributed by atoms with Crippen LogP contribution in [0, 0.1) is 5.92 Å². The molecule has 1 atom stereocenters. The van der Waals surface area contributed by atoms with Gasteiger partial charge in [0.05, 0.1) is 30.5 Å². The van der Waals surface area contributed by atoms with Gasteiger partial charge in [0.15, 0.2) is 17.1 Å². The molecule has 1 fully saturated rings. The van der Waals surface area contributed by atoms with E-state index in [9.17, 15) is 15.0 Å². The van der Waals surface area contributed by atoms with Gasteiger partial charge in [-0.05, 0) is 42.1 Å². The molecule has 0 amide bonds. The molecule has 4 heterocycles. The van der Waals surface area contributed by atoms with E-state index in [-0.39, 0.29) is 36.0 Å². The molecular formula is C28H35N7O6. The fourth-order valence-corrected chi connectivity index (χ4v) is 5.17. The molecular weight excluding hydrogens is 530 g/mol. The Hall–Kier alpha value is -4.23. The molecule has 0 saturated carbocycles. The number of aliphatic carboxylic acids is 1. The second kappa shape index (κ2) is 12.5. The fraction of sp³-hybridized carbons (Fsp3) is 0.464. The Morgan fingerprint density at radius 1 is 1.15 bits per heavy atom. The monoisotopic (exact) mass is 565 g/mol. The van der Waals surface area contributed by atoms with Gasteiger partial charge in [-0.2, -0.15) is 5.10 Å². The zero-order chi connectivity index (χ0) is 28.9. The van der Waals surface area contributed by atoms with E-state index in [0.29, 0.717) is 35.8 Å². The van der Waals surface area contributed by atoms with Gasteiger partial charge in [-0.3, -0.25) is 9.48 Å². The van der Waals surface area contributed by atoms with E-state index in [1.807, 2.05) is 30.7 Å². The van der Waals surface area contributed by atoms with Crippen molar-refractivity contribution in [2.24, 2.45) is 5.92 Å². The molecule has 5 rings (SSSR count). The Morgan fingerprint density at radius 3 is 2.66 bits per heavy atom. The number of nitrogens with two attached hydrogens (primary N) is 1. The van der Waals surface area contributed by atoms with Crippen LogP contribution in [0.15, 0.2) is 40.9 Å². The second-order valence-electron chi connectivity index (χ2n) is 10.5. The Morgan fingerprint density at radius 2 is 1.93 bits per heavy atom. The molecule has 13 heteroatoms. The third kappa shape index (κ3) is 6.41. The smallest absolute Gasteiger partial charge is 0.314 e. The van der Waals surface area contributed by atoms with Gasteiger partial charge in [0.2, 0.25) is 0 Å². The number of hydrogen-bond acceptors (Lipinski definition) is 11. The Kier molecular flexibility index (Phi) is 8.64. The second-order valence-corrected chi connectivity index (χ2v) is 10.5. The lowest BCUT2D eigenvalue weighted by Gasteiger charge is -2.32. The summed E-state index contributed by atoms with van der Waals surface area (Å²) >= 11 is 0. The van der Waals surface area contributed by atoms with Crippen LogP contribution in [0.4, 0.5) is 5.82 Å². The van der Waals surface area contributed by atoms with Crippen molar-refractivity contribution in [3.63, 3.8) is 0 Å². The number of piperidine rings is 1. The quantitative estimate of drug-likeness (QED) is 0.214. The highest BCUT2D eigenvalue weighted by Gasteiger charge is 2.28. The van der Waals surface area contributed by atoms with Crippen molar-refractivity contribution in [2.75, 3.05) is 45.2 Å². The van der Waals surface area contributed by atoms with Gasteiger partial charge in [0.25, 0.3) is 5.88 Å². The van der Waals surface area contributed by atoms with Crippen LogP contribution in [-0.2, 0) is 9.53 Å². The minimum absolute atomic E-state index is 0.129. The lowest BCUT2D eigenvalue weighted by Crippen LogP contribution is -2.37. The molecule has 1 unspecified atom stereocenters. The van der Waals surface area contributed by atoms with Crippen LogP contribution in [-0.4, -0.2) is 85.7 Å². The standard InChI is InChI=1S/C28H35N7O6/c1-17(2)25(28(37)38)23-16-24(33-41-23)40-14-13-39-12-11-34-9-7-18(8-10-34)35-21-15-20(19-5-3-4-6-22(19)36)30-31-26(21)27(29)32-35/h3-6,15-18,25,36H,7-14H2,1-2H3,(H2,29,32)(H,37,38). The van der Waals surface area contributed by atoms with Gasteiger partial charge in [-0.1, -0.05) is 26.0 Å². The van der Waals surface area contributed by atoms with Gasteiger partial charge in [-0.25, -0.2) is 0 Å². The van der Waals surface area contributed by atoms with Crippen molar-refractivity contribution < 1.29 is 29.0 Å². The first-order valence-corrected chi connectivity index (χ1v) is 13.7. The number of likely N-dealkylation sites (tertiary alicyclic amines) is 1. The molecule has 0 radical (unpaired) electrons. The largest absolute Gasteiger partial charge is 0.507 e. The summed E-state index contributed by atoms with van der Waals surface area (Å²) in [7, 11) is 0. The first-order valence-electron chi connectivity index (χ1n) is 13.7. The van der Waals surface area contributed by atoms with Gasteiger partial charge in [0.1, 0.15) is 18.3 Å². The van der Waals surface area contributed by atoms with Crippen LogP contribution in [0.25, 0.3) is 22.3 Å². The average molecular weight is 566 g/mol. The zero-order valence-corrected chi connectivity index (χ0v) is 23.1. The Balaban J connectivity index is 1.07. The first kappa shape index (κ1) is 28.3. The molecule has 3 aromatic heterocycles. The summed E-state index contributed by atoms with van der Waals surface area (Å²) in [4.78, 5) is 13.8. The van der Waals surface area contributed by atoms with Crippen molar-refractivity contribution in [1.82, 2.24) is 30.0 Å². The van der Waals surface area contributed by atoms with Gasteiger partial charge < -0.3 is 34.8 Å². The maximum atomic E-state index is 11.5. The number of carbonyl (C=O) groups is 1. The summed E-state index contributed by atoms with van der Waals surface area (Å²) in [5, 5.41) is 36.6. The molecule has 218 valence electrons. The third-order valence-corrected chi connectivity index (χ3v) is 7.34. The van der Waals surface area contributed by atoms with E-state index in [2.05, 4.69) is 25.4 Å². The van der Waals surface area contributed by atoms with Crippen molar-refractivity contribution in [2.45, 2.75) is 38.6 Å². The number of carboxylic acids is 1. The SMILES string of the molecule is CC(C)C(C(=O)O)c1cc(OCCOCCN2CCC(n3nc(N)c4nnc(-c5ccccc5O)cc43)CC2)no1. The number of fused-ring (bicyclic) bond motifs is 1. The third-order valence-electron chi connectivity index (χ3n) is 7.34. The normalized spacial score (nSPS) is 15.5. The maximum absolute atomic E-state index is 11.5. The van der Waals surface area contributed by atoms with E-state index >= 15 is 0 Å². The molecule has 1 aliphatic heterocycles. The average Bonchev–Trinajstić information content (AvgIpc) is 3.54. The van der Waals surface area contributed by atoms with E-state index < -0.39 is 11.9 Å². The number of phenols is 1. The Labute approximate surface area is 236 Å². The van der Waals surface area contributed by atoms with Gasteiger partial charge in [-0.15, -0.1) is 10.2 Å². The lowest BCUT2D eigenvalue weighted by atomic mass is 9.94. The minimum Gasteiger partial charge on any atom is -0.507 e. The van der Waals surface area contributed by atoms with Crippen LogP contribution in [0.3, 0.4) is 0 Å². The van der Waals surface area contributed by atoms with Gasteiger partial charge >= 0.3 is 5.97 Å². The van der Waals surface area contributed by atoms with Crippen LogP contribution in [0.2, 0.25) is 0 Å². The number of ether oxygens (including phenoxy) is 2. The maximum Gasteiger partial charge on any atom is 0.314 e. The molecule has 0 aliphatic carbocycles. The highest BCUT2D eigenvalue weighted by atomic mass is 16.6. The number of aromatic hydroxyl groups is 1. The predicted molar refractivity (Wildman–Crippen MR) is 150 cm³/mol. The number of nitrogen functional groups attached to an aromatic ring is 1. The summed E-state index contributed by atoms with van der Waals surface area (Å²) < 4.78 is 18.4. The van der Waals surface area contributed by atoms with Crippen molar-refractivity contribution >= 4 is 22.8 Å². The van der Waals surface area contributed by atoms with Crippen LogP contribution in [0.5, 0.6) is 11.6 Å². The minimum atomic E-state index is -0.954. The lowest BCUT2D eigenvalue weighted by molar-refractivity contribution is -0.140. The Bertz CT molecular complexity index is 1480. The molecule has 1 aromatic carbocycles. The molecule has 0 bridgehead atoms.